The number of halogens is 2. The summed E-state index contributed by atoms with van der Waals surface area (Å²) in [5, 5.41) is 5.24. The molecule has 0 aliphatic heterocycles. The SMILES string of the molecule is COC(=O)c1cc(NC(=O)CNC2CC2)c(F)cc1F. The number of rotatable bonds is 5. The lowest BCUT2D eigenvalue weighted by molar-refractivity contribution is -0.115. The monoisotopic (exact) mass is 284 g/mol. The van der Waals surface area contributed by atoms with Gasteiger partial charge in [-0.25, -0.2) is 13.6 Å². The molecule has 108 valence electrons. The highest BCUT2D eigenvalue weighted by molar-refractivity contribution is 5.95. The summed E-state index contributed by atoms with van der Waals surface area (Å²) < 4.78 is 31.3. The van der Waals surface area contributed by atoms with Crippen molar-refractivity contribution in [3.63, 3.8) is 0 Å². The lowest BCUT2D eigenvalue weighted by Gasteiger charge is -2.09. The fourth-order valence-corrected chi connectivity index (χ4v) is 1.63. The van der Waals surface area contributed by atoms with Gasteiger partial charge in [-0.15, -0.1) is 0 Å². The van der Waals surface area contributed by atoms with Gasteiger partial charge in [0.25, 0.3) is 0 Å². The summed E-state index contributed by atoms with van der Waals surface area (Å²) in [7, 11) is 1.09. The Balaban J connectivity index is 2.09. The van der Waals surface area contributed by atoms with Crippen LogP contribution in [0.25, 0.3) is 0 Å². The summed E-state index contributed by atoms with van der Waals surface area (Å²) in [6.07, 6.45) is 2.04. The molecule has 0 atom stereocenters. The van der Waals surface area contributed by atoms with Gasteiger partial charge < -0.3 is 15.4 Å². The molecule has 5 nitrogen and oxygen atoms in total. The Bertz CT molecular complexity index is 545. The molecule has 0 aromatic heterocycles. The van der Waals surface area contributed by atoms with Gasteiger partial charge >= 0.3 is 5.97 Å². The quantitative estimate of drug-likeness (QED) is 0.803. The molecule has 0 radical (unpaired) electrons. The number of hydrogen-bond acceptors (Lipinski definition) is 4. The van der Waals surface area contributed by atoms with E-state index in [1.54, 1.807) is 0 Å². The summed E-state index contributed by atoms with van der Waals surface area (Å²) >= 11 is 0. The third-order valence-corrected chi connectivity index (χ3v) is 2.86. The second kappa shape index (κ2) is 5.96. The first-order chi connectivity index (χ1) is 9.51. The lowest BCUT2D eigenvalue weighted by Crippen LogP contribution is -2.29. The van der Waals surface area contributed by atoms with E-state index in [0.717, 1.165) is 26.0 Å². The number of esters is 1. The van der Waals surface area contributed by atoms with Crippen LogP contribution in [0, 0.1) is 11.6 Å². The first-order valence-corrected chi connectivity index (χ1v) is 6.12. The van der Waals surface area contributed by atoms with Crippen LogP contribution < -0.4 is 10.6 Å². The predicted octanol–water partition coefficient (Wildman–Crippen LogP) is 1.44. The van der Waals surface area contributed by atoms with Crippen LogP contribution >= 0.6 is 0 Å². The molecule has 0 unspecified atom stereocenters. The van der Waals surface area contributed by atoms with Gasteiger partial charge in [0.05, 0.1) is 24.9 Å². The molecule has 1 amide bonds. The van der Waals surface area contributed by atoms with Crippen LogP contribution in [0.3, 0.4) is 0 Å². The highest BCUT2D eigenvalue weighted by Crippen LogP contribution is 2.21. The molecular formula is C13H14F2N2O3. The molecular weight excluding hydrogens is 270 g/mol. The van der Waals surface area contributed by atoms with Crippen LogP contribution in [-0.4, -0.2) is 31.6 Å². The molecule has 1 fully saturated rings. The molecule has 1 aromatic carbocycles. The average Bonchev–Trinajstić information content (AvgIpc) is 3.23. The van der Waals surface area contributed by atoms with E-state index >= 15 is 0 Å². The second-order valence-electron chi connectivity index (χ2n) is 4.51. The van der Waals surface area contributed by atoms with Crippen molar-refractivity contribution in [3.05, 3.63) is 29.3 Å². The maximum absolute atomic E-state index is 13.5. The molecule has 1 aliphatic carbocycles. The number of carbonyl (C=O) groups excluding carboxylic acids is 2. The van der Waals surface area contributed by atoms with Gasteiger partial charge in [0.2, 0.25) is 5.91 Å². The van der Waals surface area contributed by atoms with E-state index in [4.69, 9.17) is 0 Å². The Morgan fingerprint density at radius 2 is 2.00 bits per heavy atom. The van der Waals surface area contributed by atoms with Crippen LogP contribution in [0.5, 0.6) is 0 Å². The number of hydrogen-bond donors (Lipinski definition) is 2. The molecule has 1 saturated carbocycles. The standard InChI is InChI=1S/C13H14F2N2O3/c1-20-13(19)8-4-11(10(15)5-9(8)14)17-12(18)6-16-7-2-3-7/h4-5,7,16H,2-3,6H2,1H3,(H,17,18). The predicted molar refractivity (Wildman–Crippen MR) is 67.4 cm³/mol. The number of methoxy groups -OCH3 is 1. The van der Waals surface area contributed by atoms with Gasteiger partial charge in [0.15, 0.2) is 0 Å². The van der Waals surface area contributed by atoms with E-state index < -0.39 is 29.1 Å². The Morgan fingerprint density at radius 1 is 1.30 bits per heavy atom. The van der Waals surface area contributed by atoms with Gasteiger partial charge in [-0.05, 0) is 18.9 Å². The molecule has 0 spiro atoms. The number of benzene rings is 1. The third-order valence-electron chi connectivity index (χ3n) is 2.86. The van der Waals surface area contributed by atoms with E-state index in [1.807, 2.05) is 0 Å². The van der Waals surface area contributed by atoms with Gasteiger partial charge in [-0.3, -0.25) is 4.79 Å². The van der Waals surface area contributed by atoms with Crippen molar-refractivity contribution in [2.45, 2.75) is 18.9 Å². The maximum atomic E-state index is 13.5. The van der Waals surface area contributed by atoms with E-state index in [1.165, 1.54) is 0 Å². The molecule has 1 aromatic rings. The lowest BCUT2D eigenvalue weighted by atomic mass is 10.1. The first kappa shape index (κ1) is 14.4. The Morgan fingerprint density at radius 3 is 2.60 bits per heavy atom. The summed E-state index contributed by atoms with van der Waals surface area (Å²) in [4.78, 5) is 22.9. The third kappa shape index (κ3) is 3.51. The largest absolute Gasteiger partial charge is 0.465 e. The normalized spacial score (nSPS) is 13.9. The Kier molecular flexibility index (Phi) is 4.29. The number of ether oxygens (including phenoxy) is 1. The van der Waals surface area contributed by atoms with Crippen LogP contribution in [0.4, 0.5) is 14.5 Å². The second-order valence-corrected chi connectivity index (χ2v) is 4.51. The minimum absolute atomic E-state index is 0.0367. The number of nitrogens with one attached hydrogen (secondary N) is 2. The van der Waals surface area contributed by atoms with Crippen LogP contribution in [-0.2, 0) is 9.53 Å². The van der Waals surface area contributed by atoms with E-state index in [-0.39, 0.29) is 12.2 Å². The van der Waals surface area contributed by atoms with Crippen LogP contribution in [0.1, 0.15) is 23.2 Å². The molecule has 0 bridgehead atoms. The zero-order valence-corrected chi connectivity index (χ0v) is 10.8. The van der Waals surface area contributed by atoms with E-state index in [2.05, 4.69) is 15.4 Å². The van der Waals surface area contributed by atoms with Crippen LogP contribution in [0.2, 0.25) is 0 Å². The minimum Gasteiger partial charge on any atom is -0.465 e. The van der Waals surface area contributed by atoms with Crippen molar-refractivity contribution in [2.24, 2.45) is 0 Å². The first-order valence-electron chi connectivity index (χ1n) is 6.12. The minimum atomic E-state index is -1.04. The van der Waals surface area contributed by atoms with Crippen LogP contribution in [0.15, 0.2) is 12.1 Å². The summed E-state index contributed by atoms with van der Waals surface area (Å²) in [6, 6.07) is 1.80. The molecule has 7 heteroatoms. The van der Waals surface area contributed by atoms with Crippen molar-refractivity contribution in [1.29, 1.82) is 0 Å². The van der Waals surface area contributed by atoms with Gasteiger partial charge in [0.1, 0.15) is 11.6 Å². The van der Waals surface area contributed by atoms with Crippen molar-refractivity contribution >= 4 is 17.6 Å². The zero-order chi connectivity index (χ0) is 14.7. The summed E-state index contributed by atoms with van der Waals surface area (Å²) in [6.45, 7) is 0.0367. The van der Waals surface area contributed by atoms with Crippen molar-refractivity contribution in [1.82, 2.24) is 5.32 Å². The Hall–Kier alpha value is -2.02. The van der Waals surface area contributed by atoms with E-state index in [0.29, 0.717) is 12.1 Å². The number of amides is 1. The highest BCUT2D eigenvalue weighted by atomic mass is 19.1. The van der Waals surface area contributed by atoms with Crippen molar-refractivity contribution < 1.29 is 23.1 Å². The van der Waals surface area contributed by atoms with Crippen molar-refractivity contribution in [2.75, 3.05) is 19.0 Å². The Labute approximate surface area is 114 Å². The smallest absolute Gasteiger partial charge is 0.340 e. The molecule has 20 heavy (non-hydrogen) atoms. The topological polar surface area (TPSA) is 67.4 Å². The molecule has 2 N–H and O–H groups in total. The fraction of sp³-hybridized carbons (Fsp3) is 0.385. The average molecular weight is 284 g/mol. The maximum Gasteiger partial charge on any atom is 0.340 e. The zero-order valence-electron chi connectivity index (χ0n) is 10.8. The summed E-state index contributed by atoms with van der Waals surface area (Å²) in [5.74, 6) is -3.38. The molecule has 2 rings (SSSR count). The molecule has 0 saturated heterocycles. The van der Waals surface area contributed by atoms with Gasteiger partial charge in [0, 0.05) is 12.1 Å². The fourth-order valence-electron chi connectivity index (χ4n) is 1.63. The van der Waals surface area contributed by atoms with E-state index in [9.17, 15) is 18.4 Å². The van der Waals surface area contributed by atoms with Gasteiger partial charge in [-0.1, -0.05) is 0 Å². The molecule has 1 aliphatic rings. The number of carbonyl (C=O) groups is 2. The number of anilines is 1. The highest BCUT2D eigenvalue weighted by Gasteiger charge is 2.22. The molecule has 0 heterocycles. The van der Waals surface area contributed by atoms with Crippen molar-refractivity contribution in [3.8, 4) is 0 Å². The van der Waals surface area contributed by atoms with Gasteiger partial charge in [-0.2, -0.15) is 0 Å². The summed E-state index contributed by atoms with van der Waals surface area (Å²) in [5.41, 5.74) is -0.686.